The molecular weight excluding hydrogens is 258 g/mol. The summed E-state index contributed by atoms with van der Waals surface area (Å²) >= 11 is 1.45. The summed E-state index contributed by atoms with van der Waals surface area (Å²) < 4.78 is 10.2. The standard InChI is InChI=1S/C14H23N3OS/c1-2-15-13(12-10-19-17-16-12)11-5-8-18-14(9-11)6-3-4-7-14/h10-11,13,15H,2-9H2,1H3. The van der Waals surface area contributed by atoms with Crippen LogP contribution in [0, 0.1) is 5.92 Å². The maximum Gasteiger partial charge on any atom is 0.0927 e. The fourth-order valence-electron chi connectivity index (χ4n) is 3.76. The molecule has 0 bridgehead atoms. The van der Waals surface area contributed by atoms with E-state index in [-0.39, 0.29) is 5.60 Å². The van der Waals surface area contributed by atoms with Crippen molar-refractivity contribution in [3.8, 4) is 0 Å². The largest absolute Gasteiger partial charge is 0.375 e. The minimum absolute atomic E-state index is 0.181. The second-order valence-corrected chi connectivity index (χ2v) is 6.47. The number of aromatic nitrogens is 2. The van der Waals surface area contributed by atoms with Crippen LogP contribution in [0.25, 0.3) is 0 Å². The van der Waals surface area contributed by atoms with E-state index in [4.69, 9.17) is 4.74 Å². The van der Waals surface area contributed by atoms with Crippen LogP contribution in [0.15, 0.2) is 5.38 Å². The number of rotatable bonds is 4. The van der Waals surface area contributed by atoms with Gasteiger partial charge in [-0.05, 0) is 49.7 Å². The predicted octanol–water partition coefficient (Wildman–Crippen LogP) is 2.93. The van der Waals surface area contributed by atoms with Gasteiger partial charge >= 0.3 is 0 Å². The van der Waals surface area contributed by atoms with Gasteiger partial charge in [-0.15, -0.1) is 5.10 Å². The fourth-order valence-corrected chi connectivity index (χ4v) is 4.25. The highest BCUT2D eigenvalue weighted by molar-refractivity contribution is 7.03. The molecule has 106 valence electrons. The van der Waals surface area contributed by atoms with Crippen molar-refractivity contribution in [2.45, 2.75) is 57.1 Å². The van der Waals surface area contributed by atoms with Gasteiger partial charge in [-0.25, -0.2) is 0 Å². The Morgan fingerprint density at radius 3 is 3.05 bits per heavy atom. The lowest BCUT2D eigenvalue weighted by Crippen LogP contribution is -2.42. The highest BCUT2D eigenvalue weighted by Gasteiger charge is 2.42. The second-order valence-electron chi connectivity index (χ2n) is 5.86. The molecule has 4 nitrogen and oxygen atoms in total. The van der Waals surface area contributed by atoms with Crippen molar-refractivity contribution in [1.82, 2.24) is 14.9 Å². The van der Waals surface area contributed by atoms with Gasteiger partial charge in [0.15, 0.2) is 0 Å². The van der Waals surface area contributed by atoms with E-state index in [1.807, 2.05) is 0 Å². The molecule has 2 heterocycles. The van der Waals surface area contributed by atoms with Crippen LogP contribution in [0.2, 0.25) is 0 Å². The van der Waals surface area contributed by atoms with Crippen molar-refractivity contribution < 1.29 is 4.74 Å². The lowest BCUT2D eigenvalue weighted by atomic mass is 9.80. The fraction of sp³-hybridized carbons (Fsp3) is 0.857. The van der Waals surface area contributed by atoms with E-state index in [2.05, 4.69) is 27.2 Å². The first-order valence-corrected chi connectivity index (χ1v) is 8.31. The zero-order valence-corrected chi connectivity index (χ0v) is 12.4. The normalized spacial score (nSPS) is 27.7. The van der Waals surface area contributed by atoms with E-state index >= 15 is 0 Å². The van der Waals surface area contributed by atoms with Crippen LogP contribution in [-0.4, -0.2) is 28.3 Å². The van der Waals surface area contributed by atoms with Crippen LogP contribution >= 0.6 is 11.5 Å². The molecule has 1 saturated heterocycles. The molecular formula is C14H23N3OS. The maximum atomic E-state index is 6.14. The van der Waals surface area contributed by atoms with Crippen LogP contribution in [0.4, 0.5) is 0 Å². The van der Waals surface area contributed by atoms with Gasteiger partial charge in [-0.1, -0.05) is 24.3 Å². The Kier molecular flexibility index (Phi) is 4.15. The SMILES string of the molecule is CCNC(c1csnn1)C1CCOC2(CCCC2)C1. The van der Waals surface area contributed by atoms with Crippen LogP contribution in [0.1, 0.15) is 57.2 Å². The molecule has 1 N–H and O–H groups in total. The molecule has 3 rings (SSSR count). The van der Waals surface area contributed by atoms with Gasteiger partial charge in [-0.2, -0.15) is 0 Å². The van der Waals surface area contributed by atoms with E-state index in [9.17, 15) is 0 Å². The van der Waals surface area contributed by atoms with Gasteiger partial charge in [0.1, 0.15) is 0 Å². The maximum absolute atomic E-state index is 6.14. The summed E-state index contributed by atoms with van der Waals surface area (Å²) in [7, 11) is 0. The Morgan fingerprint density at radius 1 is 1.53 bits per heavy atom. The molecule has 0 aromatic carbocycles. The number of nitrogens with zero attached hydrogens (tertiary/aromatic N) is 2. The molecule has 1 aliphatic carbocycles. The first-order valence-electron chi connectivity index (χ1n) is 7.47. The van der Waals surface area contributed by atoms with E-state index < -0.39 is 0 Å². The van der Waals surface area contributed by atoms with Crippen molar-refractivity contribution in [3.05, 3.63) is 11.1 Å². The van der Waals surface area contributed by atoms with Gasteiger partial charge in [0.05, 0.1) is 17.3 Å². The minimum Gasteiger partial charge on any atom is -0.375 e. The van der Waals surface area contributed by atoms with Gasteiger partial charge in [-0.3, -0.25) is 0 Å². The third kappa shape index (κ3) is 2.83. The van der Waals surface area contributed by atoms with E-state index in [0.29, 0.717) is 12.0 Å². The molecule has 2 atom stereocenters. The summed E-state index contributed by atoms with van der Waals surface area (Å²) in [5.41, 5.74) is 1.30. The van der Waals surface area contributed by atoms with Gasteiger partial charge in [0.25, 0.3) is 0 Å². The average molecular weight is 281 g/mol. The molecule has 1 aromatic rings. The minimum atomic E-state index is 0.181. The summed E-state index contributed by atoms with van der Waals surface area (Å²) in [6.07, 6.45) is 7.47. The topological polar surface area (TPSA) is 47.0 Å². The number of hydrogen-bond acceptors (Lipinski definition) is 5. The third-order valence-electron chi connectivity index (χ3n) is 4.64. The molecule has 1 aromatic heterocycles. The first kappa shape index (κ1) is 13.5. The van der Waals surface area contributed by atoms with E-state index in [0.717, 1.165) is 25.3 Å². The Balaban J connectivity index is 1.74. The van der Waals surface area contributed by atoms with Crippen LogP contribution in [-0.2, 0) is 4.74 Å². The lowest BCUT2D eigenvalue weighted by Gasteiger charge is -2.41. The molecule has 0 radical (unpaired) electrons. The Labute approximate surface area is 119 Å². The summed E-state index contributed by atoms with van der Waals surface area (Å²) in [5, 5.41) is 9.99. The van der Waals surface area contributed by atoms with Gasteiger partial charge in [0, 0.05) is 12.0 Å². The van der Waals surface area contributed by atoms with Gasteiger partial charge in [0.2, 0.25) is 0 Å². The molecule has 2 unspecified atom stereocenters. The molecule has 1 saturated carbocycles. The highest BCUT2D eigenvalue weighted by Crippen LogP contribution is 2.45. The van der Waals surface area contributed by atoms with Crippen molar-refractivity contribution in [2.24, 2.45) is 5.92 Å². The monoisotopic (exact) mass is 281 g/mol. The molecule has 0 amide bonds. The van der Waals surface area contributed by atoms with Crippen molar-refractivity contribution in [1.29, 1.82) is 0 Å². The third-order valence-corrected chi connectivity index (χ3v) is 5.16. The Bertz CT molecular complexity index is 389. The van der Waals surface area contributed by atoms with Crippen LogP contribution in [0.5, 0.6) is 0 Å². The molecule has 5 heteroatoms. The first-order chi connectivity index (χ1) is 9.33. The lowest BCUT2D eigenvalue weighted by molar-refractivity contribution is -0.0983. The zero-order valence-electron chi connectivity index (χ0n) is 11.6. The Morgan fingerprint density at radius 2 is 2.37 bits per heavy atom. The van der Waals surface area contributed by atoms with E-state index in [1.54, 1.807) is 0 Å². The molecule has 1 spiro atoms. The smallest absolute Gasteiger partial charge is 0.0927 e. The highest BCUT2D eigenvalue weighted by atomic mass is 32.1. The molecule has 19 heavy (non-hydrogen) atoms. The summed E-state index contributed by atoms with van der Waals surface area (Å²) in [4.78, 5) is 0. The summed E-state index contributed by atoms with van der Waals surface area (Å²) in [6, 6.07) is 0.352. The molecule has 2 fully saturated rings. The van der Waals surface area contributed by atoms with Crippen LogP contribution < -0.4 is 5.32 Å². The van der Waals surface area contributed by atoms with Crippen molar-refractivity contribution in [2.75, 3.05) is 13.2 Å². The van der Waals surface area contributed by atoms with E-state index in [1.165, 1.54) is 43.6 Å². The number of ether oxygens (including phenoxy) is 1. The number of nitrogens with one attached hydrogen (secondary N) is 1. The summed E-state index contributed by atoms with van der Waals surface area (Å²) in [5.74, 6) is 0.635. The van der Waals surface area contributed by atoms with Crippen molar-refractivity contribution in [3.63, 3.8) is 0 Å². The quantitative estimate of drug-likeness (QED) is 0.922. The summed E-state index contributed by atoms with van der Waals surface area (Å²) in [6.45, 7) is 4.05. The van der Waals surface area contributed by atoms with Crippen molar-refractivity contribution >= 4 is 11.5 Å². The zero-order chi connectivity index (χ0) is 13.1. The number of hydrogen-bond donors (Lipinski definition) is 1. The van der Waals surface area contributed by atoms with Crippen LogP contribution in [0.3, 0.4) is 0 Å². The predicted molar refractivity (Wildman–Crippen MR) is 76.2 cm³/mol. The second kappa shape index (κ2) is 5.85. The molecule has 2 aliphatic rings. The Hall–Kier alpha value is -0.520. The average Bonchev–Trinajstić information content (AvgIpc) is 3.08. The van der Waals surface area contributed by atoms with Gasteiger partial charge < -0.3 is 10.1 Å². The molecule has 1 aliphatic heterocycles.